The van der Waals surface area contributed by atoms with Crippen molar-refractivity contribution < 1.29 is 28.2 Å². The van der Waals surface area contributed by atoms with E-state index in [9.17, 15) is 18.0 Å². The highest BCUT2D eigenvalue weighted by Crippen LogP contribution is 2.37. The number of H-pyrrole nitrogens is 1. The van der Waals surface area contributed by atoms with E-state index in [1.165, 1.54) is 6.07 Å². The number of benzene rings is 1. The van der Waals surface area contributed by atoms with Gasteiger partial charge in [-0.3, -0.25) is 5.10 Å². The van der Waals surface area contributed by atoms with Gasteiger partial charge in [-0.15, -0.1) is 0 Å². The summed E-state index contributed by atoms with van der Waals surface area (Å²) in [4.78, 5) is 10.6. The third-order valence-corrected chi connectivity index (χ3v) is 2.41. The standard InChI is InChI=1S/C11H7F3N2O3/c12-11(13,14)6-3-5(1-2-9(6)17)7-4-8(10(18)19)16-15-7/h1-4,17H,(H,15,16)(H,18,19). The van der Waals surface area contributed by atoms with E-state index in [1.807, 2.05) is 0 Å². The molecule has 0 aliphatic heterocycles. The van der Waals surface area contributed by atoms with Crippen LogP contribution in [-0.2, 0) is 6.18 Å². The van der Waals surface area contributed by atoms with Gasteiger partial charge in [0.15, 0.2) is 0 Å². The molecule has 100 valence electrons. The second-order valence-corrected chi connectivity index (χ2v) is 3.70. The number of aromatic hydroxyl groups is 1. The van der Waals surface area contributed by atoms with Crippen molar-refractivity contribution in [3.63, 3.8) is 0 Å². The van der Waals surface area contributed by atoms with E-state index in [2.05, 4.69) is 10.2 Å². The Morgan fingerprint density at radius 1 is 1.26 bits per heavy atom. The highest BCUT2D eigenvalue weighted by atomic mass is 19.4. The van der Waals surface area contributed by atoms with Crippen LogP contribution < -0.4 is 0 Å². The molecule has 5 nitrogen and oxygen atoms in total. The number of aromatic amines is 1. The first-order valence-electron chi connectivity index (χ1n) is 4.98. The van der Waals surface area contributed by atoms with E-state index in [-0.39, 0.29) is 17.0 Å². The molecule has 0 bridgehead atoms. The Bertz CT molecular complexity index is 634. The minimum atomic E-state index is -4.70. The summed E-state index contributed by atoms with van der Waals surface area (Å²) in [6.07, 6.45) is -4.70. The summed E-state index contributed by atoms with van der Waals surface area (Å²) < 4.78 is 37.8. The van der Waals surface area contributed by atoms with E-state index in [0.717, 1.165) is 12.1 Å². The largest absolute Gasteiger partial charge is 0.507 e. The van der Waals surface area contributed by atoms with Crippen LogP contribution in [0.15, 0.2) is 24.3 Å². The van der Waals surface area contributed by atoms with Crippen LogP contribution in [0.25, 0.3) is 11.3 Å². The first-order valence-corrected chi connectivity index (χ1v) is 4.98. The molecule has 0 unspecified atom stereocenters. The van der Waals surface area contributed by atoms with E-state index in [4.69, 9.17) is 10.2 Å². The average Bonchev–Trinajstić information content (AvgIpc) is 2.77. The van der Waals surface area contributed by atoms with Crippen LogP contribution in [0.5, 0.6) is 5.75 Å². The molecule has 0 fully saturated rings. The van der Waals surface area contributed by atoms with Gasteiger partial charge in [-0.1, -0.05) is 0 Å². The molecule has 0 atom stereocenters. The van der Waals surface area contributed by atoms with Gasteiger partial charge in [0.25, 0.3) is 0 Å². The molecule has 1 aromatic heterocycles. The fraction of sp³-hybridized carbons (Fsp3) is 0.0909. The average molecular weight is 272 g/mol. The second kappa shape index (κ2) is 4.30. The van der Waals surface area contributed by atoms with Gasteiger partial charge >= 0.3 is 12.1 Å². The van der Waals surface area contributed by atoms with Crippen molar-refractivity contribution in [3.8, 4) is 17.0 Å². The normalized spacial score (nSPS) is 11.5. The zero-order valence-electron chi connectivity index (χ0n) is 9.19. The highest BCUT2D eigenvalue weighted by Gasteiger charge is 2.34. The fourth-order valence-electron chi connectivity index (χ4n) is 1.50. The maximum atomic E-state index is 12.6. The van der Waals surface area contributed by atoms with Crippen LogP contribution in [0, 0.1) is 0 Å². The van der Waals surface area contributed by atoms with Crippen LogP contribution in [0.1, 0.15) is 16.1 Å². The Labute approximate surface area is 104 Å². The Morgan fingerprint density at radius 2 is 1.95 bits per heavy atom. The number of phenolic OH excluding ortho intramolecular Hbond substituents is 1. The summed E-state index contributed by atoms with van der Waals surface area (Å²) in [5, 5.41) is 23.6. The SMILES string of the molecule is O=C(O)c1cc(-c2ccc(O)c(C(F)(F)F)c2)n[nH]1. The lowest BCUT2D eigenvalue weighted by molar-refractivity contribution is -0.138. The van der Waals surface area contributed by atoms with E-state index in [1.54, 1.807) is 0 Å². The first-order chi connectivity index (χ1) is 8.79. The summed E-state index contributed by atoms with van der Waals surface area (Å²) in [6.45, 7) is 0. The zero-order valence-corrected chi connectivity index (χ0v) is 9.19. The second-order valence-electron chi connectivity index (χ2n) is 3.70. The molecule has 2 aromatic rings. The number of carbonyl (C=O) groups is 1. The van der Waals surface area contributed by atoms with Crippen molar-refractivity contribution >= 4 is 5.97 Å². The quantitative estimate of drug-likeness (QED) is 0.784. The van der Waals surface area contributed by atoms with E-state index < -0.39 is 23.5 Å². The minimum absolute atomic E-state index is 0.0444. The van der Waals surface area contributed by atoms with Crippen molar-refractivity contribution in [1.82, 2.24) is 10.2 Å². The molecule has 19 heavy (non-hydrogen) atoms. The number of aromatic nitrogens is 2. The molecule has 1 aromatic carbocycles. The number of nitrogens with one attached hydrogen (secondary N) is 1. The minimum Gasteiger partial charge on any atom is -0.507 e. The van der Waals surface area contributed by atoms with Crippen molar-refractivity contribution in [2.24, 2.45) is 0 Å². The number of hydrogen-bond donors (Lipinski definition) is 3. The molecule has 2 rings (SSSR count). The van der Waals surface area contributed by atoms with Gasteiger partial charge in [-0.2, -0.15) is 18.3 Å². The Balaban J connectivity index is 2.48. The fourth-order valence-corrected chi connectivity index (χ4v) is 1.50. The predicted octanol–water partition coefficient (Wildman–Crippen LogP) is 2.50. The summed E-state index contributed by atoms with van der Waals surface area (Å²) in [6, 6.07) is 3.91. The van der Waals surface area contributed by atoms with E-state index in [0.29, 0.717) is 6.07 Å². The summed E-state index contributed by atoms with van der Waals surface area (Å²) in [5.74, 6) is -2.17. The third-order valence-electron chi connectivity index (χ3n) is 2.41. The van der Waals surface area contributed by atoms with Crippen LogP contribution in [0.3, 0.4) is 0 Å². The summed E-state index contributed by atoms with van der Waals surface area (Å²) in [5.41, 5.74) is -1.35. The Hall–Kier alpha value is -2.51. The monoisotopic (exact) mass is 272 g/mol. The molecule has 0 spiro atoms. The molecule has 0 radical (unpaired) electrons. The van der Waals surface area contributed by atoms with Gasteiger partial charge in [0.05, 0.1) is 11.3 Å². The van der Waals surface area contributed by atoms with Crippen LogP contribution >= 0.6 is 0 Å². The Kier molecular flexibility index (Phi) is 2.93. The molecule has 0 amide bonds. The molecular weight excluding hydrogens is 265 g/mol. The lowest BCUT2D eigenvalue weighted by Crippen LogP contribution is -2.05. The van der Waals surface area contributed by atoms with Crippen LogP contribution in [0.4, 0.5) is 13.2 Å². The Morgan fingerprint density at radius 3 is 2.47 bits per heavy atom. The maximum absolute atomic E-state index is 12.6. The third kappa shape index (κ3) is 2.51. The molecule has 0 saturated carbocycles. The summed E-state index contributed by atoms with van der Waals surface area (Å²) >= 11 is 0. The number of nitrogens with zero attached hydrogens (tertiary/aromatic N) is 1. The number of carboxylic acid groups (broad SMARTS) is 1. The van der Waals surface area contributed by atoms with E-state index >= 15 is 0 Å². The molecule has 0 aliphatic carbocycles. The maximum Gasteiger partial charge on any atom is 0.419 e. The van der Waals surface area contributed by atoms with Crippen molar-refractivity contribution in [2.75, 3.05) is 0 Å². The number of rotatable bonds is 2. The number of phenols is 1. The number of carboxylic acids is 1. The van der Waals surface area contributed by atoms with Crippen molar-refractivity contribution in [2.45, 2.75) is 6.18 Å². The molecule has 3 N–H and O–H groups in total. The smallest absolute Gasteiger partial charge is 0.419 e. The lowest BCUT2D eigenvalue weighted by Gasteiger charge is -2.09. The van der Waals surface area contributed by atoms with Gasteiger partial charge in [0.2, 0.25) is 0 Å². The molecule has 0 saturated heterocycles. The molecule has 0 aliphatic rings. The van der Waals surface area contributed by atoms with Crippen LogP contribution in [0.2, 0.25) is 0 Å². The van der Waals surface area contributed by atoms with Crippen LogP contribution in [-0.4, -0.2) is 26.4 Å². The number of alkyl halides is 3. The number of hydrogen-bond acceptors (Lipinski definition) is 3. The topological polar surface area (TPSA) is 86.2 Å². The lowest BCUT2D eigenvalue weighted by atomic mass is 10.1. The molecule has 1 heterocycles. The highest BCUT2D eigenvalue weighted by molar-refractivity contribution is 5.86. The van der Waals surface area contributed by atoms with Gasteiger partial charge in [-0.25, -0.2) is 4.79 Å². The number of halogens is 3. The predicted molar refractivity (Wildman–Crippen MR) is 57.6 cm³/mol. The molecule has 8 heteroatoms. The summed E-state index contributed by atoms with van der Waals surface area (Å²) in [7, 11) is 0. The molecular formula is C11H7F3N2O3. The first kappa shape index (κ1) is 12.9. The zero-order chi connectivity index (χ0) is 14.2. The van der Waals surface area contributed by atoms with Gasteiger partial charge in [-0.05, 0) is 24.3 Å². The number of aromatic carboxylic acids is 1. The van der Waals surface area contributed by atoms with Gasteiger partial charge in [0, 0.05) is 5.56 Å². The van der Waals surface area contributed by atoms with Crippen molar-refractivity contribution in [1.29, 1.82) is 0 Å². The van der Waals surface area contributed by atoms with Gasteiger partial charge in [0.1, 0.15) is 11.4 Å². The van der Waals surface area contributed by atoms with Gasteiger partial charge < -0.3 is 10.2 Å². The van der Waals surface area contributed by atoms with Crippen molar-refractivity contribution in [3.05, 3.63) is 35.5 Å².